The summed E-state index contributed by atoms with van der Waals surface area (Å²) in [6.45, 7) is 10.7. The summed E-state index contributed by atoms with van der Waals surface area (Å²) in [5, 5.41) is 7.68. The molecular formula is C45H63N3O22. The van der Waals surface area contributed by atoms with Crippen LogP contribution >= 0.6 is 0 Å². The maximum Gasteiger partial charge on any atom is 0.408 e. The van der Waals surface area contributed by atoms with E-state index < -0.39 is 146 Å². The number of ether oxygens (including phenoxy) is 12. The van der Waals surface area contributed by atoms with Gasteiger partial charge in [-0.05, 0) is 45.6 Å². The molecule has 11 atom stereocenters. The molecule has 3 amide bonds. The molecule has 3 N–H and O–H groups in total. The Morgan fingerprint density at radius 2 is 1.07 bits per heavy atom. The van der Waals surface area contributed by atoms with Crippen molar-refractivity contribution in [3.63, 3.8) is 0 Å². The lowest BCUT2D eigenvalue weighted by Gasteiger charge is -2.49. The topological polar surface area (TPSA) is 318 Å². The molecule has 1 aromatic rings. The Bertz CT molecular complexity index is 1990. The third kappa shape index (κ3) is 20.2. The lowest BCUT2D eigenvalue weighted by Crippen LogP contribution is -2.69. The molecule has 2 aliphatic rings. The second kappa shape index (κ2) is 27.6. The van der Waals surface area contributed by atoms with Gasteiger partial charge in [0.05, 0.1) is 0 Å². The number of esters is 7. The molecule has 0 spiro atoms. The van der Waals surface area contributed by atoms with Crippen molar-refractivity contribution in [3.05, 3.63) is 35.9 Å². The number of nitrogens with one attached hydrogen (secondary N) is 3. The Kier molecular flexibility index (Phi) is 22.7. The summed E-state index contributed by atoms with van der Waals surface area (Å²) in [6.07, 6.45) is -18.6. The molecule has 2 aliphatic heterocycles. The zero-order chi connectivity index (χ0) is 52.3. The average Bonchev–Trinajstić information content (AvgIpc) is 3.23. The van der Waals surface area contributed by atoms with Crippen molar-refractivity contribution in [2.45, 2.75) is 168 Å². The van der Waals surface area contributed by atoms with Gasteiger partial charge in [0.15, 0.2) is 43.0 Å². The van der Waals surface area contributed by atoms with E-state index in [2.05, 4.69) is 16.0 Å². The first-order valence-corrected chi connectivity index (χ1v) is 22.2. The van der Waals surface area contributed by atoms with Crippen molar-refractivity contribution in [1.29, 1.82) is 0 Å². The van der Waals surface area contributed by atoms with Crippen LogP contribution in [0.5, 0.6) is 0 Å². The van der Waals surface area contributed by atoms with Gasteiger partial charge in [0, 0.05) is 55.0 Å². The predicted octanol–water partition coefficient (Wildman–Crippen LogP) is 1.71. The van der Waals surface area contributed by atoms with E-state index in [1.807, 2.05) is 6.07 Å². The van der Waals surface area contributed by atoms with Gasteiger partial charge in [-0.1, -0.05) is 30.3 Å². The number of rotatable bonds is 21. The number of amides is 3. The van der Waals surface area contributed by atoms with Crippen molar-refractivity contribution in [1.82, 2.24) is 16.0 Å². The van der Waals surface area contributed by atoms with Crippen LogP contribution in [0.4, 0.5) is 9.59 Å². The van der Waals surface area contributed by atoms with E-state index in [0.717, 1.165) is 54.0 Å². The van der Waals surface area contributed by atoms with Gasteiger partial charge in [0.25, 0.3) is 0 Å². The molecule has 0 radical (unpaired) electrons. The van der Waals surface area contributed by atoms with Crippen molar-refractivity contribution < 1.29 is 105 Å². The average molecular weight is 998 g/mol. The van der Waals surface area contributed by atoms with Crippen molar-refractivity contribution in [3.8, 4) is 0 Å². The van der Waals surface area contributed by atoms with Crippen LogP contribution < -0.4 is 16.0 Å². The zero-order valence-electron chi connectivity index (χ0n) is 40.7. The van der Waals surface area contributed by atoms with Crippen LogP contribution in [0.1, 0.15) is 94.1 Å². The van der Waals surface area contributed by atoms with E-state index in [1.54, 1.807) is 45.0 Å². The standard InChI is InChI=1S/C45H63N3O22/c1-23(49)59-21-32-35(69-42-39(66-29(7)55)37(64-27(5)53)34(62-25(3)51)33(68-42)22-60-24(2)50)36(63-26(4)52)38(65-28(6)54)41(67-32)48-40(56)31(47-44(58)70-45(8,9)10)18-14-15-19-46-43(57)61-20-30-16-12-11-13-17-30/h11-13,16-17,31-39,41-42H,14-15,18-22H2,1-10H3,(H,46,57)(H,47,58)(H,48,56)/t31-,32+,33+,34-,35+,36-,37-,38+,39+,41+,42-/m0/s1. The number of hydrogen-bond donors (Lipinski definition) is 3. The summed E-state index contributed by atoms with van der Waals surface area (Å²) in [5.74, 6) is -7.43. The minimum absolute atomic E-state index is 0.0368. The molecule has 0 aliphatic carbocycles. The summed E-state index contributed by atoms with van der Waals surface area (Å²) in [6, 6.07) is 7.62. The molecule has 0 aromatic heterocycles. The molecule has 1 aromatic carbocycles. The first-order chi connectivity index (χ1) is 32.8. The number of unbranched alkanes of at least 4 members (excludes halogenated alkanes) is 1. The third-order valence-electron chi connectivity index (χ3n) is 9.62. The highest BCUT2D eigenvalue weighted by atomic mass is 16.8. The van der Waals surface area contributed by atoms with Crippen LogP contribution in [-0.4, -0.2) is 153 Å². The number of carbonyl (C=O) groups is 10. The molecule has 0 saturated carbocycles. The van der Waals surface area contributed by atoms with Gasteiger partial charge in [-0.15, -0.1) is 0 Å². The quantitative estimate of drug-likeness (QED) is 0.0897. The third-order valence-corrected chi connectivity index (χ3v) is 9.62. The Hall–Kier alpha value is -6.60. The molecule has 0 unspecified atom stereocenters. The monoisotopic (exact) mass is 997 g/mol. The summed E-state index contributed by atoms with van der Waals surface area (Å²) in [7, 11) is 0. The fraction of sp³-hybridized carbons (Fsp3) is 0.644. The number of benzene rings is 1. The molecule has 3 rings (SSSR count). The second-order valence-electron chi connectivity index (χ2n) is 16.9. The molecule has 25 nitrogen and oxygen atoms in total. The van der Waals surface area contributed by atoms with Crippen LogP contribution in [0, 0.1) is 0 Å². The van der Waals surface area contributed by atoms with Crippen LogP contribution in [0.3, 0.4) is 0 Å². The van der Waals surface area contributed by atoms with E-state index in [1.165, 1.54) is 0 Å². The number of alkyl carbamates (subject to hydrolysis) is 2. The van der Waals surface area contributed by atoms with Gasteiger partial charge < -0.3 is 72.8 Å². The zero-order valence-corrected chi connectivity index (χ0v) is 40.7. The molecule has 25 heteroatoms. The van der Waals surface area contributed by atoms with E-state index in [4.69, 9.17) is 56.8 Å². The van der Waals surface area contributed by atoms with Gasteiger partial charge >= 0.3 is 54.0 Å². The Labute approximate surface area is 403 Å². The minimum atomic E-state index is -1.93. The lowest BCUT2D eigenvalue weighted by molar-refractivity contribution is -0.345. The maximum atomic E-state index is 14.3. The van der Waals surface area contributed by atoms with Crippen LogP contribution in [0.25, 0.3) is 0 Å². The summed E-state index contributed by atoms with van der Waals surface area (Å²) in [4.78, 5) is 127. The Balaban J connectivity index is 2.03. The molecular weight excluding hydrogens is 934 g/mol. The van der Waals surface area contributed by atoms with Gasteiger partial charge in [0.2, 0.25) is 5.91 Å². The smallest absolute Gasteiger partial charge is 0.408 e. The Morgan fingerprint density at radius 3 is 1.60 bits per heavy atom. The van der Waals surface area contributed by atoms with Crippen molar-refractivity contribution >= 4 is 59.9 Å². The van der Waals surface area contributed by atoms with Crippen molar-refractivity contribution in [2.24, 2.45) is 0 Å². The molecule has 390 valence electrons. The Morgan fingerprint density at radius 1 is 0.571 bits per heavy atom. The number of carbonyl (C=O) groups excluding carboxylic acids is 10. The SMILES string of the molecule is CC(=O)OC[C@H]1O[C@@H](O[C@H]2[C@H](OC(C)=O)[C@@H](OC(C)=O)[C@H](NC(=O)[C@H](CCCCNC(=O)OCc3ccccc3)NC(=O)OC(C)(C)C)O[C@@H]2COC(C)=O)[C@H](OC(C)=O)[C@@H](OC(C)=O)[C@H]1OC(C)=O. The molecule has 0 bridgehead atoms. The van der Waals surface area contributed by atoms with Gasteiger partial charge in [-0.25, -0.2) is 9.59 Å². The summed E-state index contributed by atoms with van der Waals surface area (Å²) >= 11 is 0. The lowest BCUT2D eigenvalue weighted by atomic mass is 9.95. The molecule has 2 heterocycles. The highest BCUT2D eigenvalue weighted by molar-refractivity contribution is 5.86. The van der Waals surface area contributed by atoms with Crippen molar-refractivity contribution in [2.75, 3.05) is 19.8 Å². The molecule has 70 heavy (non-hydrogen) atoms. The fourth-order valence-electron chi connectivity index (χ4n) is 7.03. The largest absolute Gasteiger partial charge is 0.463 e. The van der Waals surface area contributed by atoms with Gasteiger partial charge in [0.1, 0.15) is 49.8 Å². The second-order valence-corrected chi connectivity index (χ2v) is 16.9. The van der Waals surface area contributed by atoms with Crippen LogP contribution in [0.15, 0.2) is 30.3 Å². The summed E-state index contributed by atoms with van der Waals surface area (Å²) in [5.41, 5.74) is -0.214. The number of hydrogen-bond acceptors (Lipinski definition) is 22. The maximum absolute atomic E-state index is 14.3. The normalized spacial score (nSPS) is 24.4. The van der Waals surface area contributed by atoms with Crippen LogP contribution in [-0.2, 0) is 102 Å². The molecule has 2 fully saturated rings. The summed E-state index contributed by atoms with van der Waals surface area (Å²) < 4.78 is 67.5. The van der Waals surface area contributed by atoms with E-state index in [-0.39, 0.29) is 26.0 Å². The van der Waals surface area contributed by atoms with Gasteiger partial charge in [-0.2, -0.15) is 0 Å². The van der Waals surface area contributed by atoms with E-state index in [0.29, 0.717) is 6.42 Å². The first-order valence-electron chi connectivity index (χ1n) is 22.2. The highest BCUT2D eigenvalue weighted by Gasteiger charge is 2.57. The van der Waals surface area contributed by atoms with Crippen LogP contribution in [0.2, 0.25) is 0 Å². The van der Waals surface area contributed by atoms with E-state index >= 15 is 0 Å². The minimum Gasteiger partial charge on any atom is -0.463 e. The fourth-order valence-corrected chi connectivity index (χ4v) is 7.03. The predicted molar refractivity (Wildman–Crippen MR) is 233 cm³/mol. The van der Waals surface area contributed by atoms with E-state index in [9.17, 15) is 47.9 Å². The van der Waals surface area contributed by atoms with Gasteiger partial charge in [-0.3, -0.25) is 38.4 Å². The first kappa shape index (κ1) is 57.7. The molecule has 2 saturated heterocycles. The highest BCUT2D eigenvalue weighted by Crippen LogP contribution is 2.35.